The summed E-state index contributed by atoms with van der Waals surface area (Å²) in [6, 6.07) is 7.09. The number of rotatable bonds is 4. The van der Waals surface area contributed by atoms with E-state index in [4.69, 9.17) is 4.42 Å². The molecule has 0 radical (unpaired) electrons. The van der Waals surface area contributed by atoms with Crippen LogP contribution in [0.3, 0.4) is 0 Å². The molecule has 1 aromatic carbocycles. The van der Waals surface area contributed by atoms with Gasteiger partial charge in [0.15, 0.2) is 5.89 Å². The van der Waals surface area contributed by atoms with Crippen molar-refractivity contribution >= 4 is 20.8 Å². The second-order valence-electron chi connectivity index (χ2n) is 6.73. The summed E-state index contributed by atoms with van der Waals surface area (Å²) in [5.74, 6) is 1.46. The number of fused-ring (bicyclic) bond motifs is 1. The summed E-state index contributed by atoms with van der Waals surface area (Å²) in [5.41, 5.74) is 0. The summed E-state index contributed by atoms with van der Waals surface area (Å²) in [4.78, 5) is 10.8. The SMILES string of the molecule is Cc1ncc(CN2CCCN(S(=O)(=O)c3cccc4cnccc34)CC2)o1. The summed E-state index contributed by atoms with van der Waals surface area (Å²) in [6.45, 7) is 4.91. The van der Waals surface area contributed by atoms with Gasteiger partial charge >= 0.3 is 0 Å². The first-order chi connectivity index (χ1) is 13.0. The normalized spacial score (nSPS) is 17.2. The lowest BCUT2D eigenvalue weighted by Crippen LogP contribution is -2.35. The number of pyridine rings is 1. The number of hydrogen-bond acceptors (Lipinski definition) is 6. The van der Waals surface area contributed by atoms with Crippen molar-refractivity contribution in [2.24, 2.45) is 0 Å². The predicted octanol–water partition coefficient (Wildman–Crippen LogP) is 2.43. The summed E-state index contributed by atoms with van der Waals surface area (Å²) < 4.78 is 33.7. The van der Waals surface area contributed by atoms with Gasteiger partial charge in [0.05, 0.1) is 17.6 Å². The largest absolute Gasteiger partial charge is 0.445 e. The predicted molar refractivity (Wildman–Crippen MR) is 102 cm³/mol. The molecule has 7 nitrogen and oxygen atoms in total. The molecule has 8 heteroatoms. The molecule has 1 saturated heterocycles. The maximum Gasteiger partial charge on any atom is 0.243 e. The van der Waals surface area contributed by atoms with Gasteiger partial charge in [0.25, 0.3) is 0 Å². The van der Waals surface area contributed by atoms with Crippen LogP contribution in [-0.4, -0.2) is 53.8 Å². The summed E-state index contributed by atoms with van der Waals surface area (Å²) in [7, 11) is -3.56. The average Bonchev–Trinajstić information content (AvgIpc) is 2.92. The second-order valence-corrected chi connectivity index (χ2v) is 8.64. The number of nitrogens with zero attached hydrogens (tertiary/aromatic N) is 4. The molecule has 3 aromatic rings. The van der Waals surface area contributed by atoms with Gasteiger partial charge in [0, 0.05) is 49.7 Å². The van der Waals surface area contributed by atoms with E-state index < -0.39 is 10.0 Å². The Labute approximate surface area is 158 Å². The number of benzene rings is 1. The third-order valence-corrected chi connectivity index (χ3v) is 6.81. The standard InChI is InChI=1S/C19H22N4O3S/c1-15-21-13-17(26-15)14-22-8-3-9-23(11-10-22)27(24,25)19-5-2-4-16-12-20-7-6-18(16)19/h2,4-7,12-13H,3,8-11,14H2,1H3. The lowest BCUT2D eigenvalue weighted by molar-refractivity contribution is 0.253. The van der Waals surface area contributed by atoms with Gasteiger partial charge < -0.3 is 4.42 Å². The smallest absolute Gasteiger partial charge is 0.243 e. The zero-order valence-corrected chi connectivity index (χ0v) is 16.0. The van der Waals surface area contributed by atoms with Gasteiger partial charge in [0.1, 0.15) is 5.76 Å². The fraction of sp³-hybridized carbons (Fsp3) is 0.368. The highest BCUT2D eigenvalue weighted by molar-refractivity contribution is 7.89. The van der Waals surface area contributed by atoms with E-state index >= 15 is 0 Å². The molecule has 0 N–H and O–H groups in total. The van der Waals surface area contributed by atoms with Crippen LogP contribution < -0.4 is 0 Å². The van der Waals surface area contributed by atoms with Crippen LogP contribution in [0.15, 0.2) is 52.2 Å². The molecule has 0 amide bonds. The van der Waals surface area contributed by atoms with Crippen LogP contribution in [0.2, 0.25) is 0 Å². The maximum absolute atomic E-state index is 13.3. The lowest BCUT2D eigenvalue weighted by Gasteiger charge is -2.22. The Bertz CT molecular complexity index is 1040. The molecule has 2 aromatic heterocycles. The van der Waals surface area contributed by atoms with Crippen LogP contribution in [0.5, 0.6) is 0 Å². The zero-order valence-electron chi connectivity index (χ0n) is 15.2. The van der Waals surface area contributed by atoms with Crippen LogP contribution in [-0.2, 0) is 16.6 Å². The Morgan fingerprint density at radius 3 is 2.81 bits per heavy atom. The molecule has 1 aliphatic heterocycles. The van der Waals surface area contributed by atoms with E-state index in [0.717, 1.165) is 24.1 Å². The molecule has 0 aliphatic carbocycles. The first kappa shape index (κ1) is 18.1. The molecule has 27 heavy (non-hydrogen) atoms. The Hall–Kier alpha value is -2.29. The van der Waals surface area contributed by atoms with E-state index in [2.05, 4.69) is 14.9 Å². The van der Waals surface area contributed by atoms with Crippen LogP contribution in [0.4, 0.5) is 0 Å². The minimum atomic E-state index is -3.56. The van der Waals surface area contributed by atoms with Gasteiger partial charge in [-0.2, -0.15) is 4.31 Å². The lowest BCUT2D eigenvalue weighted by atomic mass is 10.2. The number of hydrogen-bond donors (Lipinski definition) is 0. The Morgan fingerprint density at radius 2 is 2.00 bits per heavy atom. The molecular weight excluding hydrogens is 364 g/mol. The van der Waals surface area contributed by atoms with E-state index in [1.165, 1.54) is 0 Å². The van der Waals surface area contributed by atoms with E-state index in [-0.39, 0.29) is 0 Å². The first-order valence-electron chi connectivity index (χ1n) is 9.00. The molecule has 0 bridgehead atoms. The van der Waals surface area contributed by atoms with Crippen molar-refractivity contribution in [3.8, 4) is 0 Å². The monoisotopic (exact) mass is 386 g/mol. The van der Waals surface area contributed by atoms with Gasteiger partial charge in [-0.05, 0) is 25.1 Å². The molecule has 142 valence electrons. The quantitative estimate of drug-likeness (QED) is 0.685. The minimum absolute atomic E-state index is 0.349. The van der Waals surface area contributed by atoms with Crippen molar-refractivity contribution in [2.75, 3.05) is 26.2 Å². The molecule has 1 aliphatic rings. The van der Waals surface area contributed by atoms with Crippen LogP contribution in [0.1, 0.15) is 18.1 Å². The topological polar surface area (TPSA) is 79.5 Å². The van der Waals surface area contributed by atoms with Crippen molar-refractivity contribution in [3.05, 3.63) is 54.5 Å². The van der Waals surface area contributed by atoms with Crippen molar-refractivity contribution in [3.63, 3.8) is 0 Å². The molecule has 3 heterocycles. The first-order valence-corrected chi connectivity index (χ1v) is 10.4. The van der Waals surface area contributed by atoms with Crippen LogP contribution in [0, 0.1) is 6.92 Å². The van der Waals surface area contributed by atoms with E-state index in [1.54, 1.807) is 41.1 Å². The zero-order chi connectivity index (χ0) is 18.9. The molecule has 0 saturated carbocycles. The van der Waals surface area contributed by atoms with Crippen molar-refractivity contribution in [1.29, 1.82) is 0 Å². The molecule has 1 fully saturated rings. The Kier molecular flexibility index (Phi) is 4.94. The number of sulfonamides is 1. The molecule has 0 unspecified atom stereocenters. The maximum atomic E-state index is 13.3. The van der Waals surface area contributed by atoms with Gasteiger partial charge in [-0.1, -0.05) is 12.1 Å². The fourth-order valence-corrected chi connectivity index (χ4v) is 5.19. The van der Waals surface area contributed by atoms with Crippen LogP contribution >= 0.6 is 0 Å². The van der Waals surface area contributed by atoms with Crippen molar-refractivity contribution < 1.29 is 12.8 Å². The second kappa shape index (κ2) is 7.38. The van der Waals surface area contributed by atoms with E-state index in [0.29, 0.717) is 42.4 Å². The minimum Gasteiger partial charge on any atom is -0.445 e. The molecular formula is C19H22N4O3S. The van der Waals surface area contributed by atoms with Gasteiger partial charge in [-0.25, -0.2) is 13.4 Å². The van der Waals surface area contributed by atoms with Crippen molar-refractivity contribution in [1.82, 2.24) is 19.2 Å². The molecule has 0 spiro atoms. The van der Waals surface area contributed by atoms with Crippen LogP contribution in [0.25, 0.3) is 10.8 Å². The Morgan fingerprint density at radius 1 is 1.11 bits per heavy atom. The number of aromatic nitrogens is 2. The summed E-state index contributed by atoms with van der Waals surface area (Å²) in [6.07, 6.45) is 5.83. The van der Waals surface area contributed by atoms with Gasteiger partial charge in [-0.3, -0.25) is 9.88 Å². The molecule has 4 rings (SSSR count). The van der Waals surface area contributed by atoms with Crippen molar-refractivity contribution in [2.45, 2.75) is 24.8 Å². The number of oxazole rings is 1. The summed E-state index contributed by atoms with van der Waals surface area (Å²) >= 11 is 0. The van der Waals surface area contributed by atoms with E-state index in [1.807, 2.05) is 13.0 Å². The van der Waals surface area contributed by atoms with Gasteiger partial charge in [-0.15, -0.1) is 0 Å². The van der Waals surface area contributed by atoms with Gasteiger partial charge in [0.2, 0.25) is 10.0 Å². The fourth-order valence-electron chi connectivity index (χ4n) is 3.50. The van der Waals surface area contributed by atoms with E-state index in [9.17, 15) is 8.42 Å². The average molecular weight is 386 g/mol. The highest BCUT2D eigenvalue weighted by Gasteiger charge is 2.28. The highest BCUT2D eigenvalue weighted by atomic mass is 32.2. The Balaban J connectivity index is 1.54. The summed E-state index contributed by atoms with van der Waals surface area (Å²) in [5, 5.41) is 1.54. The molecule has 0 atom stereocenters. The highest BCUT2D eigenvalue weighted by Crippen LogP contribution is 2.26. The number of aryl methyl sites for hydroxylation is 1. The third kappa shape index (κ3) is 3.73. The third-order valence-electron chi connectivity index (χ3n) is 4.85.